The van der Waals surface area contributed by atoms with Gasteiger partial charge in [-0.3, -0.25) is 14.4 Å². The number of likely N-dealkylation sites (tertiary alicyclic amines) is 1. The maximum absolute atomic E-state index is 14.6. The molecule has 40 heavy (non-hydrogen) atoms. The fourth-order valence-electron chi connectivity index (χ4n) is 7.27. The molecule has 0 saturated carbocycles. The monoisotopic (exact) mass is 543 g/mol. The van der Waals surface area contributed by atoms with Gasteiger partial charge in [0, 0.05) is 39.0 Å². The lowest BCUT2D eigenvalue weighted by molar-refractivity contribution is -0.149. The smallest absolute Gasteiger partial charge is 0.253 e. The molecule has 1 unspecified atom stereocenters. The number of aliphatic hydroxyl groups excluding tert-OH is 1. The molecule has 0 aromatic heterocycles. The minimum absolute atomic E-state index is 0.0821. The molecule has 210 valence electrons. The van der Waals surface area contributed by atoms with Gasteiger partial charge < -0.3 is 24.5 Å². The zero-order chi connectivity index (χ0) is 28.1. The quantitative estimate of drug-likeness (QED) is 0.428. The van der Waals surface area contributed by atoms with Gasteiger partial charge in [0.15, 0.2) is 0 Å². The van der Waals surface area contributed by atoms with E-state index < -0.39 is 29.1 Å². The molecule has 1 N–H and O–H groups in total. The van der Waals surface area contributed by atoms with Gasteiger partial charge in [-0.05, 0) is 48.6 Å². The Morgan fingerprint density at radius 3 is 2.45 bits per heavy atom. The van der Waals surface area contributed by atoms with E-state index in [1.54, 1.807) is 21.7 Å². The van der Waals surface area contributed by atoms with E-state index in [0.29, 0.717) is 38.9 Å². The molecule has 2 fully saturated rings. The van der Waals surface area contributed by atoms with Crippen molar-refractivity contribution < 1.29 is 24.2 Å². The first-order valence-corrected chi connectivity index (χ1v) is 14.4. The van der Waals surface area contributed by atoms with Crippen molar-refractivity contribution in [3.8, 4) is 0 Å². The van der Waals surface area contributed by atoms with Crippen LogP contribution in [0.15, 0.2) is 66.8 Å². The van der Waals surface area contributed by atoms with Gasteiger partial charge in [0.1, 0.15) is 11.6 Å². The van der Waals surface area contributed by atoms with Crippen molar-refractivity contribution >= 4 is 34.2 Å². The van der Waals surface area contributed by atoms with E-state index in [2.05, 4.69) is 0 Å². The Labute approximate surface area is 234 Å². The highest BCUT2D eigenvalue weighted by Crippen LogP contribution is 2.58. The largest absolute Gasteiger partial charge is 0.396 e. The molecule has 8 heteroatoms. The van der Waals surface area contributed by atoms with Gasteiger partial charge >= 0.3 is 0 Å². The summed E-state index contributed by atoms with van der Waals surface area (Å²) < 4.78 is 6.98. The fourth-order valence-corrected chi connectivity index (χ4v) is 7.27. The van der Waals surface area contributed by atoms with Gasteiger partial charge in [0.2, 0.25) is 11.8 Å². The molecule has 0 radical (unpaired) electrons. The molecule has 1 spiro atoms. The number of benzene rings is 2. The SMILES string of the molecule is CC[C@@]12C=CCN(C)C(=O)[C@@H]1[C@H]1C(=O)N(CCCCCO)C3C(=O)N(c4ccc5ccccc5c4)CC=C[C@@]31O2. The molecule has 8 nitrogen and oxygen atoms in total. The summed E-state index contributed by atoms with van der Waals surface area (Å²) in [6, 6.07) is 13.1. The summed E-state index contributed by atoms with van der Waals surface area (Å²) in [5.74, 6) is -2.05. The standard InChI is InChI=1S/C32H37N3O5/c1-3-31-15-9-17-33(2)28(37)25(31)26-29(38)35(18-7-4-8-20-36)27-30(39)34(19-10-16-32(26,27)40-31)24-14-13-22-11-5-6-12-23(22)21-24/h5-6,9-16,21,25-27,36H,3-4,7-8,17-20H2,1-2H3/t25-,26-,27?,31+,32-/m0/s1. The van der Waals surface area contributed by atoms with E-state index in [4.69, 9.17) is 4.74 Å². The topological polar surface area (TPSA) is 90.4 Å². The highest BCUT2D eigenvalue weighted by atomic mass is 16.5. The number of fused-ring (bicyclic) bond motifs is 3. The van der Waals surface area contributed by atoms with Crippen LogP contribution in [0, 0.1) is 11.8 Å². The number of carbonyl (C=O) groups excluding carboxylic acids is 3. The molecule has 5 atom stereocenters. The third-order valence-electron chi connectivity index (χ3n) is 9.24. The Kier molecular flexibility index (Phi) is 6.79. The molecular weight excluding hydrogens is 506 g/mol. The molecule has 2 aromatic rings. The Bertz CT molecular complexity index is 1400. The lowest BCUT2D eigenvalue weighted by Crippen LogP contribution is -2.56. The zero-order valence-corrected chi connectivity index (χ0v) is 23.2. The number of likely N-dealkylation sites (N-methyl/N-ethyl adjacent to an activating group) is 1. The zero-order valence-electron chi connectivity index (χ0n) is 23.2. The van der Waals surface area contributed by atoms with E-state index in [0.717, 1.165) is 22.9 Å². The predicted octanol–water partition coefficient (Wildman–Crippen LogP) is 3.29. The van der Waals surface area contributed by atoms with Crippen LogP contribution in [0.5, 0.6) is 0 Å². The summed E-state index contributed by atoms with van der Waals surface area (Å²) >= 11 is 0. The van der Waals surface area contributed by atoms with E-state index in [9.17, 15) is 19.5 Å². The number of aliphatic hydroxyl groups is 1. The van der Waals surface area contributed by atoms with Crippen LogP contribution in [0.2, 0.25) is 0 Å². The third-order valence-corrected chi connectivity index (χ3v) is 9.24. The number of nitrogens with zero attached hydrogens (tertiary/aromatic N) is 3. The molecule has 2 aromatic carbocycles. The summed E-state index contributed by atoms with van der Waals surface area (Å²) in [6.07, 6.45) is 10.2. The minimum atomic E-state index is -1.25. The summed E-state index contributed by atoms with van der Waals surface area (Å²) in [5.41, 5.74) is -1.46. The van der Waals surface area contributed by atoms with Crippen molar-refractivity contribution in [1.29, 1.82) is 0 Å². The van der Waals surface area contributed by atoms with Crippen LogP contribution in [0.3, 0.4) is 0 Å². The molecule has 2 saturated heterocycles. The second-order valence-corrected chi connectivity index (χ2v) is 11.4. The Morgan fingerprint density at radius 1 is 0.900 bits per heavy atom. The fraction of sp³-hybridized carbons (Fsp3) is 0.469. The van der Waals surface area contributed by atoms with Crippen LogP contribution < -0.4 is 4.90 Å². The third kappa shape index (κ3) is 3.91. The van der Waals surface area contributed by atoms with Gasteiger partial charge in [-0.25, -0.2) is 0 Å². The van der Waals surface area contributed by atoms with E-state index in [1.165, 1.54) is 0 Å². The van der Waals surface area contributed by atoms with Crippen molar-refractivity contribution in [2.75, 3.05) is 38.2 Å². The number of amides is 3. The average molecular weight is 544 g/mol. The first kappa shape index (κ1) is 26.7. The molecule has 4 aliphatic heterocycles. The number of rotatable bonds is 7. The van der Waals surface area contributed by atoms with E-state index in [1.807, 2.05) is 73.7 Å². The summed E-state index contributed by atoms with van der Waals surface area (Å²) in [4.78, 5) is 47.8. The lowest BCUT2D eigenvalue weighted by atomic mass is 9.73. The summed E-state index contributed by atoms with van der Waals surface area (Å²) in [5, 5.41) is 11.4. The molecule has 4 aliphatic rings. The molecule has 3 amide bonds. The van der Waals surface area contributed by atoms with Crippen molar-refractivity contribution in [2.45, 2.75) is 49.9 Å². The van der Waals surface area contributed by atoms with Crippen LogP contribution in [0.25, 0.3) is 10.8 Å². The molecule has 0 bridgehead atoms. The summed E-state index contributed by atoms with van der Waals surface area (Å²) in [6.45, 7) is 3.21. The molecule has 4 heterocycles. The maximum atomic E-state index is 14.6. The van der Waals surface area contributed by atoms with Gasteiger partial charge in [0.05, 0.1) is 17.4 Å². The Hall–Kier alpha value is -3.49. The number of unbranched alkanes of at least 4 members (excludes halogenated alkanes) is 2. The van der Waals surface area contributed by atoms with Gasteiger partial charge in [-0.15, -0.1) is 0 Å². The first-order valence-electron chi connectivity index (χ1n) is 14.4. The average Bonchev–Trinajstić information content (AvgIpc) is 3.26. The van der Waals surface area contributed by atoms with Crippen LogP contribution in [0.1, 0.15) is 32.6 Å². The first-order chi connectivity index (χ1) is 19.4. The van der Waals surface area contributed by atoms with Gasteiger partial charge in [-0.2, -0.15) is 0 Å². The highest BCUT2D eigenvalue weighted by Gasteiger charge is 2.75. The summed E-state index contributed by atoms with van der Waals surface area (Å²) in [7, 11) is 1.75. The van der Waals surface area contributed by atoms with Crippen molar-refractivity contribution in [1.82, 2.24) is 9.80 Å². The van der Waals surface area contributed by atoms with Crippen molar-refractivity contribution in [3.05, 3.63) is 66.8 Å². The van der Waals surface area contributed by atoms with Gasteiger partial charge in [0.25, 0.3) is 5.91 Å². The molecule has 0 aliphatic carbocycles. The molecule has 6 rings (SSSR count). The second-order valence-electron chi connectivity index (χ2n) is 11.4. The minimum Gasteiger partial charge on any atom is -0.396 e. The lowest BCUT2D eigenvalue weighted by Gasteiger charge is -2.38. The van der Waals surface area contributed by atoms with Gasteiger partial charge in [-0.1, -0.05) is 61.6 Å². The predicted molar refractivity (Wildman–Crippen MR) is 152 cm³/mol. The van der Waals surface area contributed by atoms with Crippen LogP contribution in [0.4, 0.5) is 5.69 Å². The Balaban J connectivity index is 1.46. The number of ether oxygens (including phenoxy) is 1. The van der Waals surface area contributed by atoms with Crippen molar-refractivity contribution in [3.63, 3.8) is 0 Å². The Morgan fingerprint density at radius 2 is 1.68 bits per heavy atom. The normalized spacial score (nSPS) is 31.4. The molecular formula is C32H37N3O5. The maximum Gasteiger partial charge on any atom is 0.253 e. The van der Waals surface area contributed by atoms with Crippen molar-refractivity contribution in [2.24, 2.45) is 11.8 Å². The van der Waals surface area contributed by atoms with E-state index >= 15 is 0 Å². The second kappa shape index (κ2) is 10.2. The van der Waals surface area contributed by atoms with Crippen LogP contribution in [-0.2, 0) is 19.1 Å². The van der Waals surface area contributed by atoms with Crippen LogP contribution >= 0.6 is 0 Å². The van der Waals surface area contributed by atoms with E-state index in [-0.39, 0.29) is 24.3 Å². The number of carbonyl (C=O) groups is 3. The van der Waals surface area contributed by atoms with Crippen LogP contribution in [-0.4, -0.2) is 83.2 Å². The number of anilines is 1. The number of hydrogen-bond acceptors (Lipinski definition) is 5. The highest BCUT2D eigenvalue weighted by molar-refractivity contribution is 6.06. The number of hydrogen-bond donors (Lipinski definition) is 1.